The van der Waals surface area contributed by atoms with Crippen LogP contribution < -0.4 is 0 Å². The molecule has 0 spiro atoms. The summed E-state index contributed by atoms with van der Waals surface area (Å²) in [6.45, 7) is 7.89. The van der Waals surface area contributed by atoms with Gasteiger partial charge in [-0.2, -0.15) is 0 Å². The first-order valence-corrected chi connectivity index (χ1v) is 6.94. The van der Waals surface area contributed by atoms with Crippen molar-refractivity contribution in [3.8, 4) is 0 Å². The van der Waals surface area contributed by atoms with E-state index in [1.807, 2.05) is 0 Å². The van der Waals surface area contributed by atoms with Crippen LogP contribution in [0.4, 0.5) is 0 Å². The summed E-state index contributed by atoms with van der Waals surface area (Å²) in [7, 11) is 0. The minimum Gasteiger partial charge on any atom is -0.396 e. The SMILES string of the molecule is OCC1CCN(CCN2CCCCC2)CC1. The normalized spacial score (nSPS) is 26.1. The van der Waals surface area contributed by atoms with Crippen molar-refractivity contribution in [2.24, 2.45) is 5.92 Å². The maximum Gasteiger partial charge on any atom is 0.0460 e. The molecule has 0 unspecified atom stereocenters. The summed E-state index contributed by atoms with van der Waals surface area (Å²) in [5.74, 6) is 0.575. The third-order valence-corrected chi connectivity index (χ3v) is 4.15. The average Bonchev–Trinajstić information content (AvgIpc) is 2.38. The van der Waals surface area contributed by atoms with E-state index in [0.717, 1.165) is 0 Å². The third kappa shape index (κ3) is 3.72. The smallest absolute Gasteiger partial charge is 0.0460 e. The quantitative estimate of drug-likeness (QED) is 0.780. The van der Waals surface area contributed by atoms with Gasteiger partial charge in [-0.05, 0) is 57.8 Å². The van der Waals surface area contributed by atoms with Crippen molar-refractivity contribution in [2.75, 3.05) is 45.9 Å². The van der Waals surface area contributed by atoms with Crippen LogP contribution in [-0.4, -0.2) is 60.8 Å². The molecule has 2 fully saturated rings. The largest absolute Gasteiger partial charge is 0.396 e. The molecule has 2 rings (SSSR count). The lowest BCUT2D eigenvalue weighted by molar-refractivity contribution is 0.116. The zero-order chi connectivity index (χ0) is 11.2. The molecule has 0 atom stereocenters. The third-order valence-electron chi connectivity index (χ3n) is 4.15. The van der Waals surface area contributed by atoms with Gasteiger partial charge in [0.05, 0.1) is 0 Å². The standard InChI is InChI=1S/C13H26N2O/c16-12-13-4-8-15(9-5-13)11-10-14-6-2-1-3-7-14/h13,16H,1-12H2. The number of nitrogens with zero attached hydrogens (tertiary/aromatic N) is 2. The molecule has 2 aliphatic rings. The number of piperidine rings is 2. The van der Waals surface area contributed by atoms with Gasteiger partial charge in [0.25, 0.3) is 0 Å². The van der Waals surface area contributed by atoms with Crippen molar-refractivity contribution in [1.29, 1.82) is 0 Å². The Labute approximate surface area is 99.4 Å². The Kier molecular flexibility index (Phi) is 5.07. The molecule has 2 saturated heterocycles. The van der Waals surface area contributed by atoms with E-state index in [2.05, 4.69) is 9.80 Å². The summed E-state index contributed by atoms with van der Waals surface area (Å²) >= 11 is 0. The lowest BCUT2D eigenvalue weighted by atomic mass is 9.98. The van der Waals surface area contributed by atoms with Gasteiger partial charge in [-0.25, -0.2) is 0 Å². The van der Waals surface area contributed by atoms with Gasteiger partial charge in [0, 0.05) is 19.7 Å². The summed E-state index contributed by atoms with van der Waals surface area (Å²) in [5.41, 5.74) is 0. The fourth-order valence-electron chi connectivity index (χ4n) is 2.86. The molecule has 0 bridgehead atoms. The van der Waals surface area contributed by atoms with Crippen LogP contribution in [0.5, 0.6) is 0 Å². The van der Waals surface area contributed by atoms with E-state index < -0.39 is 0 Å². The van der Waals surface area contributed by atoms with Crippen molar-refractivity contribution in [3.63, 3.8) is 0 Å². The lowest BCUT2D eigenvalue weighted by Gasteiger charge is -2.34. The van der Waals surface area contributed by atoms with Gasteiger partial charge in [0.1, 0.15) is 0 Å². The Balaban J connectivity index is 1.59. The molecule has 0 saturated carbocycles. The van der Waals surface area contributed by atoms with Crippen LogP contribution in [0.25, 0.3) is 0 Å². The van der Waals surface area contributed by atoms with Crippen molar-refractivity contribution >= 4 is 0 Å². The highest BCUT2D eigenvalue weighted by Crippen LogP contribution is 2.16. The van der Waals surface area contributed by atoms with Gasteiger partial charge in [-0.15, -0.1) is 0 Å². The van der Waals surface area contributed by atoms with Crippen LogP contribution in [0, 0.1) is 5.92 Å². The van der Waals surface area contributed by atoms with Crippen molar-refractivity contribution in [1.82, 2.24) is 9.80 Å². The topological polar surface area (TPSA) is 26.7 Å². The molecular formula is C13H26N2O. The first kappa shape index (κ1) is 12.3. The predicted octanol–water partition coefficient (Wildman–Crippen LogP) is 1.18. The first-order chi connectivity index (χ1) is 7.88. The monoisotopic (exact) mass is 226 g/mol. The number of aliphatic hydroxyl groups is 1. The number of aliphatic hydroxyl groups excluding tert-OH is 1. The second kappa shape index (κ2) is 6.58. The molecule has 2 heterocycles. The minimum atomic E-state index is 0.389. The fourth-order valence-corrected chi connectivity index (χ4v) is 2.86. The molecule has 0 aromatic carbocycles. The van der Waals surface area contributed by atoms with E-state index in [1.165, 1.54) is 71.4 Å². The van der Waals surface area contributed by atoms with Crippen LogP contribution in [0.3, 0.4) is 0 Å². The molecule has 0 aromatic rings. The number of rotatable bonds is 4. The summed E-state index contributed by atoms with van der Waals surface area (Å²) in [6.07, 6.45) is 6.60. The molecule has 3 nitrogen and oxygen atoms in total. The zero-order valence-corrected chi connectivity index (χ0v) is 10.4. The molecule has 0 amide bonds. The van der Waals surface area contributed by atoms with Crippen molar-refractivity contribution < 1.29 is 5.11 Å². The Morgan fingerprint density at radius 2 is 1.38 bits per heavy atom. The summed E-state index contributed by atoms with van der Waals surface area (Å²) in [6, 6.07) is 0. The second-order valence-electron chi connectivity index (χ2n) is 5.37. The molecule has 0 radical (unpaired) electrons. The molecule has 16 heavy (non-hydrogen) atoms. The zero-order valence-electron chi connectivity index (χ0n) is 10.4. The average molecular weight is 226 g/mol. The molecular weight excluding hydrogens is 200 g/mol. The van der Waals surface area contributed by atoms with Gasteiger partial charge < -0.3 is 14.9 Å². The van der Waals surface area contributed by atoms with E-state index in [1.54, 1.807) is 0 Å². The highest BCUT2D eigenvalue weighted by Gasteiger charge is 2.19. The summed E-state index contributed by atoms with van der Waals surface area (Å²) < 4.78 is 0. The summed E-state index contributed by atoms with van der Waals surface area (Å²) in [4.78, 5) is 5.18. The maximum atomic E-state index is 9.08. The highest BCUT2D eigenvalue weighted by atomic mass is 16.3. The van der Waals surface area contributed by atoms with Crippen molar-refractivity contribution in [3.05, 3.63) is 0 Å². The maximum absolute atomic E-state index is 9.08. The fraction of sp³-hybridized carbons (Fsp3) is 1.00. The van der Waals surface area contributed by atoms with E-state index >= 15 is 0 Å². The Morgan fingerprint density at radius 3 is 1.94 bits per heavy atom. The molecule has 0 aliphatic carbocycles. The highest BCUT2D eigenvalue weighted by molar-refractivity contribution is 4.73. The van der Waals surface area contributed by atoms with Gasteiger partial charge in [0.2, 0.25) is 0 Å². The van der Waals surface area contributed by atoms with Crippen LogP contribution in [-0.2, 0) is 0 Å². The minimum absolute atomic E-state index is 0.389. The van der Waals surface area contributed by atoms with Crippen LogP contribution in [0.15, 0.2) is 0 Å². The van der Waals surface area contributed by atoms with E-state index in [9.17, 15) is 0 Å². The van der Waals surface area contributed by atoms with Gasteiger partial charge >= 0.3 is 0 Å². The molecule has 0 aromatic heterocycles. The van der Waals surface area contributed by atoms with Crippen LogP contribution in [0.2, 0.25) is 0 Å². The van der Waals surface area contributed by atoms with Gasteiger partial charge in [0.15, 0.2) is 0 Å². The second-order valence-corrected chi connectivity index (χ2v) is 5.37. The molecule has 94 valence electrons. The summed E-state index contributed by atoms with van der Waals surface area (Å²) in [5, 5.41) is 9.08. The molecule has 2 aliphatic heterocycles. The van der Waals surface area contributed by atoms with Crippen molar-refractivity contribution in [2.45, 2.75) is 32.1 Å². The van der Waals surface area contributed by atoms with E-state index in [4.69, 9.17) is 5.11 Å². The van der Waals surface area contributed by atoms with Crippen LogP contribution >= 0.6 is 0 Å². The Hall–Kier alpha value is -0.120. The van der Waals surface area contributed by atoms with E-state index in [-0.39, 0.29) is 0 Å². The number of likely N-dealkylation sites (tertiary alicyclic amines) is 2. The van der Waals surface area contributed by atoms with Gasteiger partial charge in [-0.3, -0.25) is 0 Å². The Bertz CT molecular complexity index is 184. The van der Waals surface area contributed by atoms with Crippen LogP contribution in [0.1, 0.15) is 32.1 Å². The number of hydrogen-bond acceptors (Lipinski definition) is 3. The Morgan fingerprint density at radius 1 is 0.812 bits per heavy atom. The predicted molar refractivity (Wildman–Crippen MR) is 66.5 cm³/mol. The lowest BCUT2D eigenvalue weighted by Crippen LogP contribution is -2.41. The van der Waals surface area contributed by atoms with Gasteiger partial charge in [-0.1, -0.05) is 6.42 Å². The molecule has 1 N–H and O–H groups in total. The number of hydrogen-bond donors (Lipinski definition) is 1. The van der Waals surface area contributed by atoms with E-state index in [0.29, 0.717) is 12.5 Å². The molecule has 3 heteroatoms. The first-order valence-electron chi connectivity index (χ1n) is 6.94.